The Bertz CT molecular complexity index is 368. The molecule has 4 heteroatoms. The van der Waals surface area contributed by atoms with Crippen molar-refractivity contribution in [2.45, 2.75) is 18.4 Å². The summed E-state index contributed by atoms with van der Waals surface area (Å²) in [6.07, 6.45) is 0.493. The highest BCUT2D eigenvalue weighted by Crippen LogP contribution is 2.41. The number of rotatable bonds is 3. The highest BCUT2D eigenvalue weighted by atomic mass is 19.3. The standard InChI is InChI=1S/C12H15F2NO/c1-15-7-6-11-9-4-2-3-5-10(9)12(13,14)8-16-11/h2-5,11,15H,6-8H2,1H3/t11-/m0/s1. The van der Waals surface area contributed by atoms with E-state index in [-0.39, 0.29) is 11.7 Å². The molecule has 1 aromatic rings. The Morgan fingerprint density at radius 2 is 2.19 bits per heavy atom. The van der Waals surface area contributed by atoms with Crippen LogP contribution < -0.4 is 5.32 Å². The molecule has 16 heavy (non-hydrogen) atoms. The maximum absolute atomic E-state index is 13.6. The molecule has 88 valence electrons. The molecule has 0 fully saturated rings. The summed E-state index contributed by atoms with van der Waals surface area (Å²) in [5.74, 6) is -2.85. The molecule has 0 amide bonds. The fraction of sp³-hybridized carbons (Fsp3) is 0.500. The average molecular weight is 227 g/mol. The van der Waals surface area contributed by atoms with Crippen molar-refractivity contribution in [1.29, 1.82) is 0 Å². The molecule has 1 aromatic carbocycles. The van der Waals surface area contributed by atoms with Crippen LogP contribution in [0.4, 0.5) is 8.78 Å². The van der Waals surface area contributed by atoms with E-state index in [0.29, 0.717) is 12.0 Å². The van der Waals surface area contributed by atoms with Gasteiger partial charge in [0.25, 0.3) is 5.92 Å². The zero-order chi connectivity index (χ0) is 11.6. The largest absolute Gasteiger partial charge is 0.367 e. The van der Waals surface area contributed by atoms with Gasteiger partial charge in [0, 0.05) is 5.56 Å². The van der Waals surface area contributed by atoms with Gasteiger partial charge in [-0.05, 0) is 25.6 Å². The van der Waals surface area contributed by atoms with Crippen molar-refractivity contribution < 1.29 is 13.5 Å². The number of nitrogens with one attached hydrogen (secondary N) is 1. The van der Waals surface area contributed by atoms with E-state index in [4.69, 9.17) is 4.74 Å². The van der Waals surface area contributed by atoms with Crippen LogP contribution >= 0.6 is 0 Å². The van der Waals surface area contributed by atoms with Crippen LogP contribution in [0.1, 0.15) is 23.7 Å². The summed E-state index contributed by atoms with van der Waals surface area (Å²) in [7, 11) is 1.84. The minimum absolute atomic E-state index is 0.113. The van der Waals surface area contributed by atoms with Gasteiger partial charge in [0.2, 0.25) is 0 Å². The number of benzene rings is 1. The zero-order valence-corrected chi connectivity index (χ0v) is 9.17. The fourth-order valence-electron chi connectivity index (χ4n) is 2.00. The molecule has 0 saturated carbocycles. The van der Waals surface area contributed by atoms with Gasteiger partial charge in [-0.25, -0.2) is 0 Å². The van der Waals surface area contributed by atoms with Crippen molar-refractivity contribution in [3.05, 3.63) is 35.4 Å². The third-order valence-corrected chi connectivity index (χ3v) is 2.82. The fourth-order valence-corrected chi connectivity index (χ4v) is 2.00. The molecule has 0 spiro atoms. The van der Waals surface area contributed by atoms with Crippen LogP contribution in [0.2, 0.25) is 0 Å². The highest BCUT2D eigenvalue weighted by molar-refractivity contribution is 5.34. The molecule has 0 aliphatic carbocycles. The Balaban J connectivity index is 2.28. The van der Waals surface area contributed by atoms with Crippen LogP contribution in [-0.2, 0) is 10.7 Å². The van der Waals surface area contributed by atoms with Crippen LogP contribution in [0.25, 0.3) is 0 Å². The van der Waals surface area contributed by atoms with Crippen molar-refractivity contribution >= 4 is 0 Å². The maximum Gasteiger partial charge on any atom is 0.296 e. The lowest BCUT2D eigenvalue weighted by molar-refractivity contribution is -0.125. The van der Waals surface area contributed by atoms with Gasteiger partial charge in [0.15, 0.2) is 0 Å². The molecule has 1 aliphatic heterocycles. The third-order valence-electron chi connectivity index (χ3n) is 2.82. The van der Waals surface area contributed by atoms with Crippen LogP contribution in [0.15, 0.2) is 24.3 Å². The predicted molar refractivity (Wildman–Crippen MR) is 57.6 cm³/mol. The smallest absolute Gasteiger partial charge is 0.296 e. The highest BCUT2D eigenvalue weighted by Gasteiger charge is 2.40. The van der Waals surface area contributed by atoms with E-state index in [9.17, 15) is 8.78 Å². The van der Waals surface area contributed by atoms with E-state index < -0.39 is 12.5 Å². The lowest BCUT2D eigenvalue weighted by atomic mass is 9.93. The lowest BCUT2D eigenvalue weighted by Crippen LogP contribution is -2.31. The van der Waals surface area contributed by atoms with Gasteiger partial charge < -0.3 is 10.1 Å². The molecule has 0 bridgehead atoms. The molecular formula is C12H15F2NO. The van der Waals surface area contributed by atoms with Gasteiger partial charge in [0.1, 0.15) is 6.61 Å². The molecule has 1 N–H and O–H groups in total. The molecular weight excluding hydrogens is 212 g/mol. The Hall–Kier alpha value is -1.00. The molecule has 1 atom stereocenters. The molecule has 1 heterocycles. The van der Waals surface area contributed by atoms with Gasteiger partial charge in [-0.2, -0.15) is 8.78 Å². The van der Waals surface area contributed by atoms with Crippen molar-refractivity contribution in [3.63, 3.8) is 0 Å². The first-order valence-corrected chi connectivity index (χ1v) is 5.38. The SMILES string of the molecule is CNCC[C@@H]1OCC(F)(F)c2ccccc21. The summed E-state index contributed by atoms with van der Waals surface area (Å²) in [6.45, 7) is 0.239. The van der Waals surface area contributed by atoms with E-state index in [0.717, 1.165) is 6.54 Å². The second-order valence-corrected chi connectivity index (χ2v) is 3.98. The van der Waals surface area contributed by atoms with Crippen molar-refractivity contribution in [2.75, 3.05) is 20.2 Å². The van der Waals surface area contributed by atoms with Crippen LogP contribution in [0.3, 0.4) is 0 Å². The van der Waals surface area contributed by atoms with Gasteiger partial charge in [0.05, 0.1) is 6.10 Å². The summed E-state index contributed by atoms with van der Waals surface area (Å²) < 4.78 is 32.3. The molecule has 0 unspecified atom stereocenters. The van der Waals surface area contributed by atoms with E-state index >= 15 is 0 Å². The summed E-state index contributed by atoms with van der Waals surface area (Å²) in [5.41, 5.74) is 0.733. The van der Waals surface area contributed by atoms with Gasteiger partial charge in [-0.1, -0.05) is 24.3 Å². The maximum atomic E-state index is 13.6. The quantitative estimate of drug-likeness (QED) is 0.856. The first-order valence-electron chi connectivity index (χ1n) is 5.38. The average Bonchev–Trinajstić information content (AvgIpc) is 2.29. The Kier molecular flexibility index (Phi) is 3.21. The number of hydrogen-bond donors (Lipinski definition) is 1. The van der Waals surface area contributed by atoms with Gasteiger partial charge in [-0.3, -0.25) is 0 Å². The monoisotopic (exact) mass is 227 g/mol. The predicted octanol–water partition coefficient (Wildman–Crippen LogP) is 2.46. The lowest BCUT2D eigenvalue weighted by Gasteiger charge is -2.31. The second-order valence-electron chi connectivity index (χ2n) is 3.98. The van der Waals surface area contributed by atoms with Crippen molar-refractivity contribution in [2.24, 2.45) is 0 Å². The van der Waals surface area contributed by atoms with E-state index in [2.05, 4.69) is 5.32 Å². The molecule has 0 radical (unpaired) electrons. The normalized spacial score (nSPS) is 22.8. The van der Waals surface area contributed by atoms with Crippen molar-refractivity contribution in [3.8, 4) is 0 Å². The number of ether oxygens (including phenoxy) is 1. The summed E-state index contributed by atoms with van der Waals surface area (Å²) in [6, 6.07) is 6.64. The summed E-state index contributed by atoms with van der Waals surface area (Å²) >= 11 is 0. The van der Waals surface area contributed by atoms with E-state index in [1.54, 1.807) is 18.2 Å². The molecule has 1 aliphatic rings. The minimum Gasteiger partial charge on any atom is -0.367 e. The Labute approximate surface area is 93.6 Å². The minimum atomic E-state index is -2.85. The van der Waals surface area contributed by atoms with Crippen LogP contribution in [0.5, 0.6) is 0 Å². The third kappa shape index (κ3) is 2.08. The molecule has 2 rings (SSSR count). The Morgan fingerprint density at radius 3 is 2.94 bits per heavy atom. The van der Waals surface area contributed by atoms with Crippen LogP contribution in [-0.4, -0.2) is 20.2 Å². The topological polar surface area (TPSA) is 21.3 Å². The number of fused-ring (bicyclic) bond motifs is 1. The molecule has 0 aromatic heterocycles. The first kappa shape index (κ1) is 11.5. The second kappa shape index (κ2) is 4.47. The molecule has 2 nitrogen and oxygen atoms in total. The molecule has 0 saturated heterocycles. The summed E-state index contributed by atoms with van der Waals surface area (Å²) in [5, 5.41) is 3.00. The Morgan fingerprint density at radius 1 is 1.44 bits per heavy atom. The van der Waals surface area contributed by atoms with Crippen LogP contribution in [0, 0.1) is 0 Å². The first-order chi connectivity index (χ1) is 7.65. The summed E-state index contributed by atoms with van der Waals surface area (Å²) in [4.78, 5) is 0. The van der Waals surface area contributed by atoms with E-state index in [1.165, 1.54) is 6.07 Å². The van der Waals surface area contributed by atoms with Gasteiger partial charge >= 0.3 is 0 Å². The number of hydrogen-bond acceptors (Lipinski definition) is 2. The van der Waals surface area contributed by atoms with E-state index in [1.807, 2.05) is 7.05 Å². The number of alkyl halides is 2. The zero-order valence-electron chi connectivity index (χ0n) is 9.17. The van der Waals surface area contributed by atoms with Gasteiger partial charge in [-0.15, -0.1) is 0 Å². The number of halogens is 2. The van der Waals surface area contributed by atoms with Crippen molar-refractivity contribution in [1.82, 2.24) is 5.32 Å².